The molecule has 4 atom stereocenters. The van der Waals surface area contributed by atoms with Crippen molar-refractivity contribution in [3.05, 3.63) is 36.5 Å². The zero-order valence-corrected chi connectivity index (χ0v) is 98.6. The molecule has 0 radical (unpaired) electrons. The van der Waals surface area contributed by atoms with Crippen molar-refractivity contribution in [3.8, 4) is 0 Å². The summed E-state index contributed by atoms with van der Waals surface area (Å²) in [5.41, 5.74) is 0. The molecule has 21 nitrogen and oxygen atoms in total. The molecular formula is C121H226N6O15S3. The first-order valence-corrected chi connectivity index (χ1v) is 63.1. The van der Waals surface area contributed by atoms with Gasteiger partial charge < -0.3 is 57.8 Å². The summed E-state index contributed by atoms with van der Waals surface area (Å²) in [7, 11) is 12.1. The molecule has 3 amide bonds. The second kappa shape index (κ2) is 106. The van der Waals surface area contributed by atoms with E-state index in [4.69, 9.17) is 28.4 Å². The Bertz CT molecular complexity index is 3100. The van der Waals surface area contributed by atoms with Gasteiger partial charge in [0.25, 0.3) is 15.7 Å². The fraction of sp³-hybridized carbons (Fsp3) is 0.876. The number of unbranched alkanes of at least 4 members (excludes halogenated alkanes) is 42. The van der Waals surface area contributed by atoms with Crippen LogP contribution in [0.15, 0.2) is 36.5 Å². The Morgan fingerprint density at radius 3 is 0.676 bits per heavy atom. The van der Waals surface area contributed by atoms with Crippen LogP contribution in [-0.2, 0) is 57.2 Å². The van der Waals surface area contributed by atoms with Gasteiger partial charge in [-0.3, -0.25) is 43.2 Å². The van der Waals surface area contributed by atoms with Gasteiger partial charge in [-0.25, -0.2) is 0 Å². The molecule has 145 heavy (non-hydrogen) atoms. The predicted octanol–water partition coefficient (Wildman–Crippen LogP) is 33.0. The van der Waals surface area contributed by atoms with Gasteiger partial charge in [-0.05, 0) is 240 Å². The number of carbonyl (C=O) groups excluding carboxylic acids is 9. The number of allylic oxidation sites excluding steroid dienone is 3. The van der Waals surface area contributed by atoms with Gasteiger partial charge in [0.2, 0.25) is 0 Å². The summed E-state index contributed by atoms with van der Waals surface area (Å²) >= 11 is 4.12. The summed E-state index contributed by atoms with van der Waals surface area (Å²) < 4.78 is 35.0. The number of hydrogen-bond donors (Lipinski definition) is 0. The molecule has 0 aromatic carbocycles. The Morgan fingerprint density at radius 1 is 0.214 bits per heavy atom. The van der Waals surface area contributed by atoms with Crippen LogP contribution < -0.4 is 0 Å². The van der Waals surface area contributed by atoms with E-state index < -0.39 is 0 Å². The molecule has 848 valence electrons. The third kappa shape index (κ3) is 98.5. The molecular weight excluding hydrogens is 1870 g/mol. The molecule has 0 spiro atoms. The van der Waals surface area contributed by atoms with E-state index in [0.29, 0.717) is 116 Å². The predicted molar refractivity (Wildman–Crippen MR) is 618 cm³/mol. The summed E-state index contributed by atoms with van der Waals surface area (Å²) in [6.45, 7) is 23.2. The molecule has 0 rings (SSSR count). The highest BCUT2D eigenvalue weighted by atomic mass is 32.2. The molecule has 24 heteroatoms. The summed E-state index contributed by atoms with van der Waals surface area (Å²) in [4.78, 5) is 130. The summed E-state index contributed by atoms with van der Waals surface area (Å²) in [6, 6.07) is 0. The van der Waals surface area contributed by atoms with Gasteiger partial charge in [0, 0.05) is 115 Å². The van der Waals surface area contributed by atoms with Gasteiger partial charge in [-0.1, -0.05) is 364 Å². The number of esters is 6. The van der Waals surface area contributed by atoms with E-state index in [9.17, 15) is 43.2 Å². The molecule has 0 aromatic rings. The van der Waals surface area contributed by atoms with E-state index >= 15 is 0 Å². The number of rotatable bonds is 107. The minimum absolute atomic E-state index is 0.00111. The lowest BCUT2D eigenvalue weighted by atomic mass is 9.96. The SMILES string of the molecule is CCCCCC/C=C\COC(=O)CCCCCN(CCCCCC(=O)OC(CCCCCCC)CCCCCCCC(C)CCCC/C=C\COC(=O)CCCCCN(CCCCCC(=O)OC(CCCCCC)CCCCCCC(C)CCCC/C=C\COC(=O)CCCCCCCN(CCCC(=O)OC(CCCCCCC)CCCCCCC)C(=O)SCCN(C)C)C(=O)SCCN(C)C)C(=O)SCCN(C)C. The van der Waals surface area contributed by atoms with E-state index in [2.05, 4.69) is 81.4 Å². The zero-order chi connectivity index (χ0) is 106. The van der Waals surface area contributed by atoms with Gasteiger partial charge in [0.05, 0.1) is 0 Å². The molecule has 0 N–H and O–H groups in total. The number of ether oxygens (including phenoxy) is 6. The Kier molecular flexibility index (Phi) is 103. The van der Waals surface area contributed by atoms with Gasteiger partial charge in [-0.15, -0.1) is 0 Å². The standard InChI is InChI=1S/C121H226N6O15S3/c1-14-19-24-29-30-46-73-102-138-114(129)88-64-49-69-94-126(120(135)144-106-100-123(10)11)97-72-52-67-91-117(132)141-111(82-58-35-25-20-15-2)85-61-41-31-38-53-77-108(6)78-54-39-33-48-75-104-139-115(130)89-65-50-70-95-125(119(134)143-105-99-122(8)9)96-71-51-66-90-116(131)140-110(81-57-28-23-18-5)86-62-44-43-56-80-109(7)79-55-40-34-47-74-103-137-113(128)87-63-42-32-45-68-93-127(121(136)145-107-101-124(12)13)98-76-92-118(133)142-112(83-59-36-26-21-16-3)84-60-37-27-22-17-4/h46-48,73-75,108-112H,14-45,49-72,76-107H2,1-13H3/b73-46-,74-47-,75-48-. The summed E-state index contributed by atoms with van der Waals surface area (Å²) in [6.07, 6.45) is 85.9. The molecule has 0 aromatic heterocycles. The lowest BCUT2D eigenvalue weighted by Gasteiger charge is -2.23. The molecule has 0 fully saturated rings. The van der Waals surface area contributed by atoms with Crippen molar-refractivity contribution in [2.24, 2.45) is 11.8 Å². The van der Waals surface area contributed by atoms with Crippen molar-refractivity contribution in [1.29, 1.82) is 0 Å². The maximum atomic E-state index is 13.5. The van der Waals surface area contributed by atoms with Crippen LogP contribution in [0, 0.1) is 11.8 Å². The first kappa shape index (κ1) is 140. The lowest BCUT2D eigenvalue weighted by molar-refractivity contribution is -0.151. The van der Waals surface area contributed by atoms with Gasteiger partial charge in [-0.2, -0.15) is 0 Å². The number of thioether (sulfide) groups is 3. The van der Waals surface area contributed by atoms with Crippen molar-refractivity contribution < 1.29 is 71.6 Å². The monoisotopic (exact) mass is 2100 g/mol. The van der Waals surface area contributed by atoms with Crippen LogP contribution in [0.4, 0.5) is 14.4 Å². The van der Waals surface area contributed by atoms with E-state index in [-0.39, 0.29) is 69.8 Å². The van der Waals surface area contributed by atoms with Crippen LogP contribution in [0.5, 0.6) is 0 Å². The number of carbonyl (C=O) groups is 9. The van der Waals surface area contributed by atoms with Crippen LogP contribution in [0.1, 0.15) is 517 Å². The normalized spacial score (nSPS) is 12.6. The molecule has 4 unspecified atom stereocenters. The maximum Gasteiger partial charge on any atom is 0.306 e. The van der Waals surface area contributed by atoms with Crippen molar-refractivity contribution in [2.45, 2.75) is 535 Å². The quantitative estimate of drug-likeness (QED) is 0.0238. The fourth-order valence-corrected chi connectivity index (χ4v) is 21.1. The average molecular weight is 2100 g/mol. The molecule has 0 aliphatic rings. The minimum atomic E-state index is -0.177. The average Bonchev–Trinajstić information content (AvgIpc) is 0.929. The first-order chi connectivity index (χ1) is 70.5. The third-order valence-electron chi connectivity index (χ3n) is 27.7. The molecule has 0 saturated carbocycles. The Balaban J connectivity index is 4.65. The van der Waals surface area contributed by atoms with E-state index in [1.165, 1.54) is 234 Å². The van der Waals surface area contributed by atoms with Crippen LogP contribution in [0.25, 0.3) is 0 Å². The topological polar surface area (TPSA) is 228 Å². The second-order valence-corrected chi connectivity index (χ2v) is 45.9. The zero-order valence-electron chi connectivity index (χ0n) is 96.1. The van der Waals surface area contributed by atoms with E-state index in [1.54, 1.807) is 0 Å². The van der Waals surface area contributed by atoms with E-state index in [0.717, 1.165) is 262 Å². The molecule has 0 bridgehead atoms. The Hall–Kier alpha value is -4.62. The second-order valence-electron chi connectivity index (χ2n) is 42.8. The highest BCUT2D eigenvalue weighted by Gasteiger charge is 2.23. The summed E-state index contributed by atoms with van der Waals surface area (Å²) in [5, 5.41) is 0.293. The van der Waals surface area contributed by atoms with Gasteiger partial charge in [0.15, 0.2) is 0 Å². The minimum Gasteiger partial charge on any atom is -0.462 e. The van der Waals surface area contributed by atoms with Crippen molar-refractivity contribution in [1.82, 2.24) is 29.4 Å². The fourth-order valence-electron chi connectivity index (χ4n) is 18.2. The largest absolute Gasteiger partial charge is 0.462 e. The molecule has 0 saturated heterocycles. The number of hydrogen-bond acceptors (Lipinski definition) is 21. The van der Waals surface area contributed by atoms with Crippen LogP contribution >= 0.6 is 35.3 Å². The van der Waals surface area contributed by atoms with Crippen molar-refractivity contribution >= 4 is 86.8 Å². The number of nitrogens with zero attached hydrogens (tertiary/aromatic N) is 6. The third-order valence-corrected chi connectivity index (χ3v) is 30.3. The molecule has 0 heterocycles. The van der Waals surface area contributed by atoms with Gasteiger partial charge >= 0.3 is 35.8 Å². The van der Waals surface area contributed by atoms with Crippen molar-refractivity contribution in [3.63, 3.8) is 0 Å². The number of amides is 3. The molecule has 0 aliphatic heterocycles. The van der Waals surface area contributed by atoms with Crippen LogP contribution in [0.3, 0.4) is 0 Å². The summed E-state index contributed by atoms with van der Waals surface area (Å²) in [5.74, 6) is 2.80. The van der Waals surface area contributed by atoms with Gasteiger partial charge in [0.1, 0.15) is 38.1 Å². The Morgan fingerprint density at radius 2 is 0.407 bits per heavy atom. The van der Waals surface area contributed by atoms with Crippen LogP contribution in [-0.4, -0.2) is 238 Å². The van der Waals surface area contributed by atoms with E-state index in [1.807, 2.05) is 75.2 Å². The Labute approximate surface area is 904 Å². The van der Waals surface area contributed by atoms with Crippen molar-refractivity contribution in [2.75, 3.05) is 138 Å². The lowest BCUT2D eigenvalue weighted by Crippen LogP contribution is -2.31. The first-order valence-electron chi connectivity index (χ1n) is 60.2. The maximum absolute atomic E-state index is 13.5. The smallest absolute Gasteiger partial charge is 0.306 e. The highest BCUT2D eigenvalue weighted by molar-refractivity contribution is 8.14. The highest BCUT2D eigenvalue weighted by Crippen LogP contribution is 2.27. The molecule has 0 aliphatic carbocycles. The van der Waals surface area contributed by atoms with Crippen LogP contribution in [0.2, 0.25) is 0 Å².